The Labute approximate surface area is 135 Å². The van der Waals surface area contributed by atoms with Gasteiger partial charge in [0.15, 0.2) is 11.4 Å². The number of nitrogens with one attached hydrogen (secondary N) is 1. The van der Waals surface area contributed by atoms with E-state index in [4.69, 9.17) is 4.74 Å². The van der Waals surface area contributed by atoms with E-state index in [9.17, 15) is 13.2 Å². The maximum Gasteiger partial charge on any atom is 0.420 e. The zero-order valence-electron chi connectivity index (χ0n) is 12.7. The van der Waals surface area contributed by atoms with Crippen molar-refractivity contribution in [3.8, 4) is 16.9 Å². The zero-order chi connectivity index (χ0) is 16.9. The van der Waals surface area contributed by atoms with Gasteiger partial charge in [-0.2, -0.15) is 18.3 Å². The summed E-state index contributed by atoms with van der Waals surface area (Å²) in [5.74, 6) is -0.145. The molecular formula is C16H13F3N4O. The lowest BCUT2D eigenvalue weighted by molar-refractivity contribution is -0.138. The maximum absolute atomic E-state index is 13.4. The zero-order valence-corrected chi connectivity index (χ0v) is 12.7. The van der Waals surface area contributed by atoms with E-state index in [0.29, 0.717) is 29.0 Å². The third kappa shape index (κ3) is 2.34. The Morgan fingerprint density at radius 2 is 2.00 bits per heavy atom. The summed E-state index contributed by atoms with van der Waals surface area (Å²) in [5.41, 5.74) is 1.26. The minimum absolute atomic E-state index is 0.145. The number of hydrogen-bond acceptors (Lipinski definition) is 4. The lowest BCUT2D eigenvalue weighted by Gasteiger charge is -2.24. The molecule has 8 heteroatoms. The summed E-state index contributed by atoms with van der Waals surface area (Å²) in [5, 5.41) is 7.83. The van der Waals surface area contributed by atoms with Crippen LogP contribution in [-0.4, -0.2) is 27.9 Å². The van der Waals surface area contributed by atoms with Gasteiger partial charge in [-0.15, -0.1) is 0 Å². The van der Waals surface area contributed by atoms with E-state index < -0.39 is 11.7 Å². The predicted octanol–water partition coefficient (Wildman–Crippen LogP) is 3.46. The normalized spacial score (nSPS) is 14.2. The number of halogens is 3. The number of nitrogens with zero attached hydrogens (tertiary/aromatic N) is 3. The van der Waals surface area contributed by atoms with Crippen molar-refractivity contribution in [3.63, 3.8) is 0 Å². The molecule has 0 atom stereocenters. The van der Waals surface area contributed by atoms with Crippen molar-refractivity contribution in [2.45, 2.75) is 6.18 Å². The van der Waals surface area contributed by atoms with E-state index in [0.717, 1.165) is 11.5 Å². The van der Waals surface area contributed by atoms with Crippen LogP contribution in [0, 0.1) is 0 Å². The fourth-order valence-corrected chi connectivity index (χ4v) is 2.83. The summed E-state index contributed by atoms with van der Waals surface area (Å²) in [6.45, 7) is 0.673. The van der Waals surface area contributed by atoms with Crippen LogP contribution in [0.3, 0.4) is 0 Å². The van der Waals surface area contributed by atoms with Gasteiger partial charge in [0, 0.05) is 30.7 Å². The maximum atomic E-state index is 13.4. The van der Waals surface area contributed by atoms with Crippen LogP contribution in [0.15, 0.2) is 30.6 Å². The largest absolute Gasteiger partial charge is 0.489 e. The molecule has 1 aromatic carbocycles. The van der Waals surface area contributed by atoms with Crippen molar-refractivity contribution >= 4 is 16.7 Å². The van der Waals surface area contributed by atoms with Gasteiger partial charge in [-0.25, -0.2) is 4.98 Å². The molecule has 1 aliphatic heterocycles. The number of aromatic nitrogens is 3. The summed E-state index contributed by atoms with van der Waals surface area (Å²) >= 11 is 0. The van der Waals surface area contributed by atoms with Gasteiger partial charge in [-0.05, 0) is 23.8 Å². The van der Waals surface area contributed by atoms with Crippen molar-refractivity contribution in [2.24, 2.45) is 7.05 Å². The second kappa shape index (κ2) is 5.12. The highest BCUT2D eigenvalue weighted by molar-refractivity contribution is 5.83. The number of alkyl halides is 3. The second-order valence-corrected chi connectivity index (χ2v) is 5.58. The number of hydrogen-bond donors (Lipinski definition) is 1. The van der Waals surface area contributed by atoms with Crippen LogP contribution in [0.1, 0.15) is 5.56 Å². The molecule has 0 saturated carbocycles. The predicted molar refractivity (Wildman–Crippen MR) is 82.9 cm³/mol. The van der Waals surface area contributed by atoms with E-state index in [1.807, 2.05) is 0 Å². The smallest absolute Gasteiger partial charge is 0.420 e. The Hall–Kier alpha value is -2.77. The molecule has 0 radical (unpaired) electrons. The molecular weight excluding hydrogens is 321 g/mol. The molecule has 1 aliphatic rings. The molecule has 3 aromatic rings. The SMILES string of the molecule is Cn1ncc2cc(-c3cc4c(c(C(F)(F)F)c3)OCCN4)cnc21. The Kier molecular flexibility index (Phi) is 3.16. The molecule has 5 nitrogen and oxygen atoms in total. The highest BCUT2D eigenvalue weighted by Gasteiger charge is 2.37. The van der Waals surface area contributed by atoms with Gasteiger partial charge in [-0.3, -0.25) is 4.68 Å². The minimum Gasteiger partial charge on any atom is -0.489 e. The van der Waals surface area contributed by atoms with Crippen LogP contribution in [0.5, 0.6) is 5.75 Å². The van der Waals surface area contributed by atoms with E-state index in [1.54, 1.807) is 36.3 Å². The third-order valence-corrected chi connectivity index (χ3v) is 3.96. The molecule has 1 N–H and O–H groups in total. The average molecular weight is 334 g/mol. The van der Waals surface area contributed by atoms with E-state index in [2.05, 4.69) is 15.4 Å². The van der Waals surface area contributed by atoms with Gasteiger partial charge in [0.25, 0.3) is 0 Å². The highest BCUT2D eigenvalue weighted by Crippen LogP contribution is 2.44. The van der Waals surface area contributed by atoms with Crippen LogP contribution in [0.2, 0.25) is 0 Å². The van der Waals surface area contributed by atoms with Crippen LogP contribution in [0.4, 0.5) is 18.9 Å². The van der Waals surface area contributed by atoms with Gasteiger partial charge >= 0.3 is 6.18 Å². The third-order valence-electron chi connectivity index (χ3n) is 3.96. The van der Waals surface area contributed by atoms with E-state index >= 15 is 0 Å². The first-order valence-corrected chi connectivity index (χ1v) is 7.33. The fourth-order valence-electron chi connectivity index (χ4n) is 2.83. The fraction of sp³-hybridized carbons (Fsp3) is 0.250. The quantitative estimate of drug-likeness (QED) is 0.740. The lowest BCUT2D eigenvalue weighted by atomic mass is 10.0. The Morgan fingerprint density at radius 1 is 1.17 bits per heavy atom. The highest BCUT2D eigenvalue weighted by atomic mass is 19.4. The van der Waals surface area contributed by atoms with Gasteiger partial charge in [0.1, 0.15) is 12.2 Å². The first kappa shape index (κ1) is 14.8. The van der Waals surface area contributed by atoms with Crippen molar-refractivity contribution < 1.29 is 17.9 Å². The molecule has 0 bridgehead atoms. The monoisotopic (exact) mass is 334 g/mol. The molecule has 0 amide bonds. The summed E-state index contributed by atoms with van der Waals surface area (Å²) < 4.78 is 47.0. The molecule has 0 saturated heterocycles. The topological polar surface area (TPSA) is 52.0 Å². The summed E-state index contributed by atoms with van der Waals surface area (Å²) in [6, 6.07) is 4.54. The Morgan fingerprint density at radius 3 is 2.79 bits per heavy atom. The molecule has 0 spiro atoms. The molecule has 4 rings (SSSR count). The summed E-state index contributed by atoms with van der Waals surface area (Å²) in [6.07, 6.45) is -1.31. The molecule has 0 unspecified atom stereocenters. The van der Waals surface area contributed by atoms with Crippen LogP contribution < -0.4 is 10.1 Å². The van der Waals surface area contributed by atoms with Crippen molar-refractivity contribution in [1.82, 2.24) is 14.8 Å². The minimum atomic E-state index is -4.50. The second-order valence-electron chi connectivity index (χ2n) is 5.58. The van der Waals surface area contributed by atoms with Gasteiger partial charge in [-0.1, -0.05) is 0 Å². The standard InChI is InChI=1S/C16H13F3N4O/c1-23-15-11(8-22-23)4-10(7-21-15)9-5-12(16(17,18)19)14-13(6-9)20-2-3-24-14/h4-8,20H,2-3H2,1H3. The Bertz CT molecular complexity index is 933. The molecule has 3 heterocycles. The number of fused-ring (bicyclic) bond motifs is 2. The molecule has 0 fully saturated rings. The number of anilines is 1. The van der Waals surface area contributed by atoms with E-state index in [1.165, 1.54) is 0 Å². The number of ether oxygens (including phenoxy) is 1. The molecule has 2 aromatic heterocycles. The van der Waals surface area contributed by atoms with Crippen molar-refractivity contribution in [2.75, 3.05) is 18.5 Å². The molecule has 124 valence electrons. The van der Waals surface area contributed by atoms with Crippen LogP contribution in [0.25, 0.3) is 22.2 Å². The summed E-state index contributed by atoms with van der Waals surface area (Å²) in [4.78, 5) is 4.29. The summed E-state index contributed by atoms with van der Waals surface area (Å²) in [7, 11) is 1.76. The van der Waals surface area contributed by atoms with Gasteiger partial charge < -0.3 is 10.1 Å². The number of rotatable bonds is 1. The molecule has 24 heavy (non-hydrogen) atoms. The number of benzene rings is 1. The van der Waals surface area contributed by atoms with Crippen molar-refractivity contribution in [3.05, 3.63) is 36.2 Å². The lowest BCUT2D eigenvalue weighted by Crippen LogP contribution is -2.21. The first-order chi connectivity index (χ1) is 11.4. The van der Waals surface area contributed by atoms with Crippen LogP contribution >= 0.6 is 0 Å². The Balaban J connectivity index is 1.90. The molecule has 0 aliphatic carbocycles. The van der Waals surface area contributed by atoms with Crippen molar-refractivity contribution in [1.29, 1.82) is 0 Å². The number of pyridine rings is 1. The van der Waals surface area contributed by atoms with Gasteiger partial charge in [0.2, 0.25) is 0 Å². The van der Waals surface area contributed by atoms with Crippen LogP contribution in [-0.2, 0) is 13.2 Å². The number of aryl methyl sites for hydroxylation is 1. The average Bonchev–Trinajstić information content (AvgIpc) is 2.93. The first-order valence-electron chi connectivity index (χ1n) is 7.33. The van der Waals surface area contributed by atoms with E-state index in [-0.39, 0.29) is 12.4 Å². The van der Waals surface area contributed by atoms with Gasteiger partial charge in [0.05, 0.1) is 11.9 Å².